The number of nitrogen functional groups attached to an aromatic ring is 1. The maximum Gasteiger partial charge on any atom is 0.214 e. The molecule has 66 valence electrons. The quantitative estimate of drug-likeness (QED) is 0.631. The molecule has 0 aliphatic rings. The number of rotatable bonds is 0. The molecule has 0 fully saturated rings. The Bertz CT molecular complexity index is 462. The zero-order chi connectivity index (χ0) is 9.42. The second-order valence-electron chi connectivity index (χ2n) is 2.89. The molecular formula is C9H9N3O. The smallest absolute Gasteiger partial charge is 0.214 e. The largest absolute Gasteiger partial charge is 0.493 e. The lowest BCUT2D eigenvalue weighted by Gasteiger charge is -2.01. The van der Waals surface area contributed by atoms with Crippen molar-refractivity contribution in [2.24, 2.45) is 0 Å². The summed E-state index contributed by atoms with van der Waals surface area (Å²) >= 11 is 0. The van der Waals surface area contributed by atoms with E-state index >= 15 is 0 Å². The van der Waals surface area contributed by atoms with E-state index in [4.69, 9.17) is 5.73 Å². The van der Waals surface area contributed by atoms with Gasteiger partial charge in [0.1, 0.15) is 0 Å². The molecule has 2 heterocycles. The van der Waals surface area contributed by atoms with Crippen LogP contribution in [0.5, 0.6) is 5.88 Å². The van der Waals surface area contributed by atoms with Gasteiger partial charge in [0.05, 0.1) is 0 Å². The first kappa shape index (κ1) is 7.79. The first-order chi connectivity index (χ1) is 6.16. The number of nitrogens with zero attached hydrogens (tertiary/aromatic N) is 2. The average molecular weight is 175 g/mol. The monoisotopic (exact) mass is 175 g/mol. The van der Waals surface area contributed by atoms with Gasteiger partial charge in [0.2, 0.25) is 5.88 Å². The van der Waals surface area contributed by atoms with Gasteiger partial charge < -0.3 is 10.8 Å². The fourth-order valence-corrected chi connectivity index (χ4v) is 1.21. The van der Waals surface area contributed by atoms with E-state index in [2.05, 4.69) is 9.97 Å². The lowest BCUT2D eigenvalue weighted by molar-refractivity contribution is 0.456. The standard InChI is InChI=1S/C9H9N3O/c1-5-2-3-6-7(10)4-8(13)12-9(6)11-5/h2-4H,1H3,(H3,10,11,12,13). The number of anilines is 1. The van der Waals surface area contributed by atoms with Crippen LogP contribution in [0, 0.1) is 6.92 Å². The molecule has 0 bridgehead atoms. The van der Waals surface area contributed by atoms with Crippen LogP contribution in [0.1, 0.15) is 5.69 Å². The minimum atomic E-state index is -0.0944. The fourth-order valence-electron chi connectivity index (χ4n) is 1.21. The Hall–Kier alpha value is -1.84. The molecule has 0 saturated heterocycles. The zero-order valence-electron chi connectivity index (χ0n) is 7.15. The molecule has 0 atom stereocenters. The van der Waals surface area contributed by atoms with Crippen molar-refractivity contribution in [1.29, 1.82) is 0 Å². The van der Waals surface area contributed by atoms with E-state index < -0.39 is 0 Å². The predicted octanol–water partition coefficient (Wildman–Crippen LogP) is 1.23. The molecule has 0 spiro atoms. The second kappa shape index (κ2) is 2.58. The van der Waals surface area contributed by atoms with Crippen LogP contribution in [0.2, 0.25) is 0 Å². The molecule has 0 aliphatic carbocycles. The van der Waals surface area contributed by atoms with Crippen molar-refractivity contribution in [3.63, 3.8) is 0 Å². The molecule has 4 nitrogen and oxygen atoms in total. The maximum absolute atomic E-state index is 9.17. The SMILES string of the molecule is Cc1ccc2c(N)cc(O)nc2n1. The van der Waals surface area contributed by atoms with Crippen LogP contribution < -0.4 is 5.73 Å². The van der Waals surface area contributed by atoms with Gasteiger partial charge in [-0.15, -0.1) is 0 Å². The van der Waals surface area contributed by atoms with Crippen LogP contribution in [0.3, 0.4) is 0 Å². The van der Waals surface area contributed by atoms with Crippen LogP contribution in [0.4, 0.5) is 5.69 Å². The molecule has 0 radical (unpaired) electrons. The highest BCUT2D eigenvalue weighted by Crippen LogP contribution is 2.21. The van der Waals surface area contributed by atoms with Gasteiger partial charge in [-0.1, -0.05) is 0 Å². The highest BCUT2D eigenvalue weighted by Gasteiger charge is 2.02. The second-order valence-corrected chi connectivity index (χ2v) is 2.89. The summed E-state index contributed by atoms with van der Waals surface area (Å²) in [5.74, 6) is -0.0944. The number of nitrogens with two attached hydrogens (primary N) is 1. The summed E-state index contributed by atoms with van der Waals surface area (Å²) in [7, 11) is 0. The maximum atomic E-state index is 9.17. The Morgan fingerprint density at radius 1 is 1.31 bits per heavy atom. The highest BCUT2D eigenvalue weighted by molar-refractivity contribution is 5.88. The fraction of sp³-hybridized carbons (Fsp3) is 0.111. The number of hydrogen-bond acceptors (Lipinski definition) is 4. The normalized spacial score (nSPS) is 10.5. The Morgan fingerprint density at radius 3 is 2.85 bits per heavy atom. The molecular weight excluding hydrogens is 166 g/mol. The number of fused-ring (bicyclic) bond motifs is 1. The van der Waals surface area contributed by atoms with E-state index in [1.807, 2.05) is 19.1 Å². The molecule has 0 saturated carbocycles. The van der Waals surface area contributed by atoms with Gasteiger partial charge in [0.15, 0.2) is 5.65 Å². The number of aromatic nitrogens is 2. The topological polar surface area (TPSA) is 72.0 Å². The van der Waals surface area contributed by atoms with Crippen molar-refractivity contribution >= 4 is 16.7 Å². The highest BCUT2D eigenvalue weighted by atomic mass is 16.3. The van der Waals surface area contributed by atoms with Crippen molar-refractivity contribution in [2.75, 3.05) is 5.73 Å². The Kier molecular flexibility index (Phi) is 1.55. The van der Waals surface area contributed by atoms with E-state index in [1.165, 1.54) is 6.07 Å². The van der Waals surface area contributed by atoms with Crippen molar-refractivity contribution in [3.05, 3.63) is 23.9 Å². The summed E-state index contributed by atoms with van der Waals surface area (Å²) in [6, 6.07) is 5.12. The molecule has 4 heteroatoms. The van der Waals surface area contributed by atoms with Crippen LogP contribution in [-0.4, -0.2) is 15.1 Å². The van der Waals surface area contributed by atoms with E-state index in [0.29, 0.717) is 11.3 Å². The first-order valence-electron chi connectivity index (χ1n) is 3.89. The van der Waals surface area contributed by atoms with Crippen LogP contribution in [0.15, 0.2) is 18.2 Å². The molecule has 13 heavy (non-hydrogen) atoms. The molecule has 0 aliphatic heterocycles. The molecule has 0 amide bonds. The third kappa shape index (κ3) is 1.26. The van der Waals surface area contributed by atoms with Crippen LogP contribution >= 0.6 is 0 Å². The van der Waals surface area contributed by atoms with Gasteiger partial charge >= 0.3 is 0 Å². The summed E-state index contributed by atoms with van der Waals surface area (Å²) in [5.41, 5.74) is 7.50. The first-order valence-corrected chi connectivity index (χ1v) is 3.89. The zero-order valence-corrected chi connectivity index (χ0v) is 7.15. The van der Waals surface area contributed by atoms with Gasteiger partial charge in [-0.3, -0.25) is 0 Å². The summed E-state index contributed by atoms with van der Waals surface area (Å²) in [6.45, 7) is 1.86. The molecule has 2 aromatic rings. The number of aryl methyl sites for hydroxylation is 1. The van der Waals surface area contributed by atoms with Crippen molar-refractivity contribution < 1.29 is 5.11 Å². The van der Waals surface area contributed by atoms with Crippen LogP contribution in [-0.2, 0) is 0 Å². The van der Waals surface area contributed by atoms with Crippen molar-refractivity contribution in [3.8, 4) is 5.88 Å². The Balaban J connectivity index is 2.86. The number of aromatic hydroxyl groups is 1. The van der Waals surface area contributed by atoms with Gasteiger partial charge in [-0.2, -0.15) is 4.98 Å². The molecule has 3 N–H and O–H groups in total. The third-order valence-corrected chi connectivity index (χ3v) is 1.83. The molecule has 0 unspecified atom stereocenters. The summed E-state index contributed by atoms with van der Waals surface area (Å²) < 4.78 is 0. The van der Waals surface area contributed by atoms with Gasteiger partial charge in [0.25, 0.3) is 0 Å². The minimum Gasteiger partial charge on any atom is -0.493 e. The van der Waals surface area contributed by atoms with E-state index in [-0.39, 0.29) is 5.88 Å². The Morgan fingerprint density at radius 2 is 2.08 bits per heavy atom. The lowest BCUT2D eigenvalue weighted by atomic mass is 10.2. The third-order valence-electron chi connectivity index (χ3n) is 1.83. The Labute approximate surface area is 75.1 Å². The van der Waals surface area contributed by atoms with Crippen molar-refractivity contribution in [2.45, 2.75) is 6.92 Å². The average Bonchev–Trinajstić information content (AvgIpc) is 2.02. The molecule has 0 aromatic carbocycles. The molecule has 2 aromatic heterocycles. The van der Waals surface area contributed by atoms with E-state index in [0.717, 1.165) is 11.1 Å². The van der Waals surface area contributed by atoms with Crippen LogP contribution in [0.25, 0.3) is 11.0 Å². The number of hydrogen-bond donors (Lipinski definition) is 2. The summed E-state index contributed by atoms with van der Waals surface area (Å²) in [5, 5.41) is 9.94. The van der Waals surface area contributed by atoms with E-state index in [9.17, 15) is 5.11 Å². The van der Waals surface area contributed by atoms with Crippen molar-refractivity contribution in [1.82, 2.24) is 9.97 Å². The van der Waals surface area contributed by atoms with Gasteiger partial charge in [0, 0.05) is 22.8 Å². The number of pyridine rings is 2. The van der Waals surface area contributed by atoms with E-state index in [1.54, 1.807) is 0 Å². The van der Waals surface area contributed by atoms with Gasteiger partial charge in [-0.05, 0) is 19.1 Å². The minimum absolute atomic E-state index is 0.0944. The summed E-state index contributed by atoms with van der Waals surface area (Å²) in [6.07, 6.45) is 0. The predicted molar refractivity (Wildman–Crippen MR) is 50.4 cm³/mol. The lowest BCUT2D eigenvalue weighted by Crippen LogP contribution is -1.92. The molecule has 2 rings (SSSR count). The summed E-state index contributed by atoms with van der Waals surface area (Å²) in [4.78, 5) is 8.01. The van der Waals surface area contributed by atoms with Gasteiger partial charge in [-0.25, -0.2) is 4.98 Å².